The topological polar surface area (TPSA) is 39.1 Å². The molecule has 3 aromatic rings. The van der Waals surface area contributed by atoms with Gasteiger partial charge in [-0.05, 0) is 71.0 Å². The fourth-order valence-corrected chi connectivity index (χ4v) is 3.49. The van der Waals surface area contributed by atoms with Crippen LogP contribution in [0.5, 0.6) is 5.75 Å². The Bertz CT molecular complexity index is 871. The van der Waals surface area contributed by atoms with Gasteiger partial charge in [0.1, 0.15) is 11.6 Å². The first-order chi connectivity index (χ1) is 11.7. The first-order valence-electron chi connectivity index (χ1n) is 7.98. The molecule has 0 spiro atoms. The van der Waals surface area contributed by atoms with Crippen molar-refractivity contribution in [2.75, 3.05) is 19.0 Å². The lowest BCUT2D eigenvalue weighted by atomic mass is 10.1. The van der Waals surface area contributed by atoms with Crippen molar-refractivity contribution in [3.63, 3.8) is 0 Å². The summed E-state index contributed by atoms with van der Waals surface area (Å²) >= 11 is 2.32. The predicted molar refractivity (Wildman–Crippen MR) is 104 cm³/mol. The highest BCUT2D eigenvalue weighted by Gasteiger charge is 2.23. The Morgan fingerprint density at radius 3 is 2.83 bits per heavy atom. The number of aromatic nitrogens is 2. The maximum Gasteiger partial charge on any atom is 0.133 e. The molecule has 2 heterocycles. The van der Waals surface area contributed by atoms with E-state index < -0.39 is 0 Å². The summed E-state index contributed by atoms with van der Waals surface area (Å²) in [4.78, 5) is 0. The number of hydrogen-bond donors (Lipinski definition) is 1. The Morgan fingerprint density at radius 2 is 2.04 bits per heavy atom. The summed E-state index contributed by atoms with van der Waals surface area (Å²) in [6.07, 6.45) is 1.84. The maximum absolute atomic E-state index is 5.33. The van der Waals surface area contributed by atoms with Crippen molar-refractivity contribution < 1.29 is 4.74 Å². The number of fused-ring (bicyclic) bond motifs is 1. The minimum absolute atomic E-state index is 0.818. The molecule has 5 heteroatoms. The summed E-state index contributed by atoms with van der Waals surface area (Å²) < 4.78 is 8.59. The lowest BCUT2D eigenvalue weighted by molar-refractivity contribution is 0.414. The summed E-state index contributed by atoms with van der Waals surface area (Å²) in [6, 6.07) is 16.7. The second-order valence-electron chi connectivity index (χ2n) is 5.87. The molecular formula is C19H18IN3O. The van der Waals surface area contributed by atoms with E-state index in [4.69, 9.17) is 9.84 Å². The Hall–Kier alpha value is -2.02. The van der Waals surface area contributed by atoms with Gasteiger partial charge in [0.15, 0.2) is 0 Å². The summed E-state index contributed by atoms with van der Waals surface area (Å²) in [6.45, 7) is 0.975. The summed E-state index contributed by atoms with van der Waals surface area (Å²) in [5.74, 6) is 2.02. The highest BCUT2D eigenvalue weighted by Crippen LogP contribution is 2.30. The molecule has 0 bridgehead atoms. The zero-order valence-corrected chi connectivity index (χ0v) is 15.6. The molecule has 0 amide bonds. The predicted octanol–water partition coefficient (Wildman–Crippen LogP) is 4.04. The molecule has 1 aromatic heterocycles. The van der Waals surface area contributed by atoms with Gasteiger partial charge in [-0.15, -0.1) is 0 Å². The van der Waals surface area contributed by atoms with Crippen molar-refractivity contribution >= 4 is 28.4 Å². The molecule has 0 aliphatic carbocycles. The van der Waals surface area contributed by atoms with Crippen molar-refractivity contribution in [3.05, 3.63) is 68.9 Å². The van der Waals surface area contributed by atoms with E-state index in [1.54, 1.807) is 7.11 Å². The summed E-state index contributed by atoms with van der Waals surface area (Å²) in [5, 5.41) is 8.38. The lowest BCUT2D eigenvalue weighted by Gasteiger charge is -2.06. The largest absolute Gasteiger partial charge is 0.497 e. The van der Waals surface area contributed by atoms with Crippen LogP contribution >= 0.6 is 22.6 Å². The van der Waals surface area contributed by atoms with Crippen LogP contribution in [0.2, 0.25) is 0 Å². The van der Waals surface area contributed by atoms with Gasteiger partial charge >= 0.3 is 0 Å². The number of methoxy groups -OCH3 is 1. The van der Waals surface area contributed by atoms with Gasteiger partial charge in [-0.25, -0.2) is 4.68 Å². The Morgan fingerprint density at radius 1 is 1.21 bits per heavy atom. The fourth-order valence-electron chi connectivity index (χ4n) is 3.13. The molecule has 0 fully saturated rings. The van der Waals surface area contributed by atoms with Crippen LogP contribution in [0.4, 0.5) is 5.82 Å². The molecule has 0 atom stereocenters. The molecule has 122 valence electrons. The first kappa shape index (κ1) is 15.5. The van der Waals surface area contributed by atoms with Crippen molar-refractivity contribution in [1.29, 1.82) is 0 Å². The molecule has 0 saturated carbocycles. The summed E-state index contributed by atoms with van der Waals surface area (Å²) in [5.41, 5.74) is 4.78. The van der Waals surface area contributed by atoms with E-state index in [2.05, 4.69) is 64.3 Å². The van der Waals surface area contributed by atoms with Crippen LogP contribution in [0, 0.1) is 3.57 Å². The molecule has 0 unspecified atom stereocenters. The Balaban J connectivity index is 1.71. The van der Waals surface area contributed by atoms with Gasteiger partial charge in [-0.1, -0.05) is 12.1 Å². The van der Waals surface area contributed by atoms with Crippen LogP contribution in [0.15, 0.2) is 48.5 Å². The zero-order valence-electron chi connectivity index (χ0n) is 13.4. The minimum Gasteiger partial charge on any atom is -0.497 e. The van der Waals surface area contributed by atoms with E-state index in [-0.39, 0.29) is 0 Å². The van der Waals surface area contributed by atoms with Gasteiger partial charge in [-0.2, -0.15) is 5.10 Å². The molecule has 2 aromatic carbocycles. The molecule has 1 N–H and O–H groups in total. The maximum atomic E-state index is 5.33. The van der Waals surface area contributed by atoms with E-state index in [9.17, 15) is 0 Å². The van der Waals surface area contributed by atoms with E-state index in [1.807, 2.05) is 16.8 Å². The Kier molecular flexibility index (Phi) is 4.18. The van der Waals surface area contributed by atoms with E-state index >= 15 is 0 Å². The SMILES string of the molecule is COc1cccc(Cc2nn(-c3ccc(I)cc3)c3c2CCN3)c1. The van der Waals surface area contributed by atoms with Gasteiger partial charge in [-0.3, -0.25) is 0 Å². The average Bonchev–Trinajstić information content (AvgIpc) is 3.20. The molecule has 1 aliphatic heterocycles. The minimum atomic E-state index is 0.818. The number of ether oxygens (including phenoxy) is 1. The average molecular weight is 431 g/mol. The van der Waals surface area contributed by atoms with Crippen LogP contribution in [-0.4, -0.2) is 23.4 Å². The van der Waals surface area contributed by atoms with E-state index in [0.717, 1.165) is 42.3 Å². The monoisotopic (exact) mass is 431 g/mol. The van der Waals surface area contributed by atoms with Crippen molar-refractivity contribution in [2.24, 2.45) is 0 Å². The molecular weight excluding hydrogens is 413 g/mol. The lowest BCUT2D eigenvalue weighted by Crippen LogP contribution is -2.05. The molecule has 24 heavy (non-hydrogen) atoms. The second kappa shape index (κ2) is 6.47. The quantitative estimate of drug-likeness (QED) is 0.634. The summed E-state index contributed by atoms with van der Waals surface area (Å²) in [7, 11) is 1.70. The molecule has 1 aliphatic rings. The smallest absolute Gasteiger partial charge is 0.133 e. The van der Waals surface area contributed by atoms with Gasteiger partial charge in [0.2, 0.25) is 0 Å². The number of nitrogens with one attached hydrogen (secondary N) is 1. The zero-order chi connectivity index (χ0) is 16.5. The molecule has 0 saturated heterocycles. The van der Waals surface area contributed by atoms with Crippen molar-refractivity contribution in [2.45, 2.75) is 12.8 Å². The van der Waals surface area contributed by atoms with Crippen LogP contribution < -0.4 is 10.1 Å². The van der Waals surface area contributed by atoms with Gasteiger partial charge in [0.25, 0.3) is 0 Å². The van der Waals surface area contributed by atoms with Crippen LogP contribution in [0.3, 0.4) is 0 Å². The second-order valence-corrected chi connectivity index (χ2v) is 7.11. The standard InChI is InChI=1S/C19H18IN3O/c1-24-16-4-2-3-13(11-16)12-18-17-9-10-21-19(17)23(22-18)15-7-5-14(20)6-8-15/h2-8,11,21H,9-10,12H2,1H3. The number of benzene rings is 2. The van der Waals surface area contributed by atoms with Crippen molar-refractivity contribution in [1.82, 2.24) is 9.78 Å². The third-order valence-electron chi connectivity index (χ3n) is 4.31. The number of anilines is 1. The van der Waals surface area contributed by atoms with Crippen molar-refractivity contribution in [3.8, 4) is 11.4 Å². The van der Waals surface area contributed by atoms with Gasteiger partial charge in [0.05, 0.1) is 18.5 Å². The highest BCUT2D eigenvalue weighted by atomic mass is 127. The van der Waals surface area contributed by atoms with Crippen LogP contribution in [0.25, 0.3) is 5.69 Å². The fraction of sp³-hybridized carbons (Fsp3) is 0.211. The molecule has 0 radical (unpaired) electrons. The number of nitrogens with zero attached hydrogens (tertiary/aromatic N) is 2. The third-order valence-corrected chi connectivity index (χ3v) is 5.03. The van der Waals surface area contributed by atoms with Gasteiger partial charge < -0.3 is 10.1 Å². The molecule has 4 nitrogen and oxygen atoms in total. The van der Waals surface area contributed by atoms with E-state index in [0.29, 0.717) is 0 Å². The first-order valence-corrected chi connectivity index (χ1v) is 9.06. The third kappa shape index (κ3) is 2.88. The van der Waals surface area contributed by atoms with Crippen LogP contribution in [0.1, 0.15) is 16.8 Å². The highest BCUT2D eigenvalue weighted by molar-refractivity contribution is 14.1. The van der Waals surface area contributed by atoms with E-state index in [1.165, 1.54) is 14.7 Å². The Labute approximate surface area is 155 Å². The number of halogens is 1. The normalized spacial score (nSPS) is 12.8. The van der Waals surface area contributed by atoms with Crippen LogP contribution in [-0.2, 0) is 12.8 Å². The number of rotatable bonds is 4. The van der Waals surface area contributed by atoms with Gasteiger partial charge in [0, 0.05) is 22.1 Å². The molecule has 4 rings (SSSR count). The number of hydrogen-bond acceptors (Lipinski definition) is 3.